The zero-order valence-corrected chi connectivity index (χ0v) is 17.1. The van der Waals surface area contributed by atoms with E-state index in [9.17, 15) is 4.79 Å². The van der Waals surface area contributed by atoms with Crippen molar-refractivity contribution >= 4 is 22.9 Å². The van der Waals surface area contributed by atoms with Crippen LogP contribution in [0.5, 0.6) is 0 Å². The highest BCUT2D eigenvalue weighted by Gasteiger charge is 2.21. The molecule has 4 nitrogen and oxygen atoms in total. The lowest BCUT2D eigenvalue weighted by Gasteiger charge is -2.23. The molecule has 1 heterocycles. The van der Waals surface area contributed by atoms with Crippen LogP contribution in [-0.4, -0.2) is 29.4 Å². The molecule has 2 rings (SSSR count). The van der Waals surface area contributed by atoms with Gasteiger partial charge in [-0.3, -0.25) is 9.69 Å². The van der Waals surface area contributed by atoms with E-state index in [0.29, 0.717) is 12.5 Å². The number of benzene rings is 1. The summed E-state index contributed by atoms with van der Waals surface area (Å²) in [5.41, 5.74) is 4.24. The Kier molecular flexibility index (Phi) is 6.36. The molecular weight excluding hydrogens is 330 g/mol. The molecule has 0 radical (unpaired) electrons. The summed E-state index contributed by atoms with van der Waals surface area (Å²) in [6.07, 6.45) is 0. The third kappa shape index (κ3) is 4.89. The van der Waals surface area contributed by atoms with Crippen LogP contribution >= 0.6 is 11.3 Å². The van der Waals surface area contributed by atoms with Gasteiger partial charge in [-0.05, 0) is 46.4 Å². The van der Waals surface area contributed by atoms with Gasteiger partial charge in [0, 0.05) is 22.5 Å². The Balaban J connectivity index is 2.03. The monoisotopic (exact) mass is 359 g/mol. The standard InChI is InChI=1S/C20H29N3OS/c1-12(2)20-21-15(5)19(25-20)16(6)23(7)11-18(24)22-17-9-8-13(3)10-14(17)4/h8-10,12,16H,11H2,1-7H3,(H,22,24). The first-order valence-electron chi connectivity index (χ1n) is 8.73. The van der Waals surface area contributed by atoms with E-state index in [1.165, 1.54) is 10.4 Å². The zero-order chi connectivity index (χ0) is 18.7. The summed E-state index contributed by atoms with van der Waals surface area (Å²) < 4.78 is 0. The number of nitrogens with one attached hydrogen (secondary N) is 1. The maximum atomic E-state index is 12.4. The van der Waals surface area contributed by atoms with Crippen molar-refractivity contribution in [3.05, 3.63) is 44.9 Å². The lowest BCUT2D eigenvalue weighted by molar-refractivity contribution is -0.117. The molecule has 0 saturated carbocycles. The Morgan fingerprint density at radius 2 is 1.92 bits per heavy atom. The number of aryl methyl sites for hydroxylation is 3. The van der Waals surface area contributed by atoms with Crippen LogP contribution in [-0.2, 0) is 4.79 Å². The minimum Gasteiger partial charge on any atom is -0.325 e. The number of carbonyl (C=O) groups is 1. The third-order valence-corrected chi connectivity index (χ3v) is 6.06. The molecule has 0 spiro atoms. The second-order valence-electron chi connectivity index (χ2n) is 7.11. The van der Waals surface area contributed by atoms with Gasteiger partial charge in [0.2, 0.25) is 5.91 Å². The number of nitrogens with zero attached hydrogens (tertiary/aromatic N) is 2. The highest BCUT2D eigenvalue weighted by atomic mass is 32.1. The van der Waals surface area contributed by atoms with Crippen LogP contribution in [0.1, 0.15) is 59.4 Å². The smallest absolute Gasteiger partial charge is 0.238 e. The molecule has 1 unspecified atom stereocenters. The van der Waals surface area contributed by atoms with Crippen molar-refractivity contribution in [2.75, 3.05) is 18.9 Å². The minimum absolute atomic E-state index is 0.00699. The number of carbonyl (C=O) groups excluding carboxylic acids is 1. The SMILES string of the molecule is Cc1ccc(NC(=O)CN(C)C(C)c2sc(C(C)C)nc2C)c(C)c1. The highest BCUT2D eigenvalue weighted by molar-refractivity contribution is 7.11. The Hall–Kier alpha value is -1.72. The molecule has 0 fully saturated rings. The van der Waals surface area contributed by atoms with Gasteiger partial charge >= 0.3 is 0 Å². The minimum atomic E-state index is 0.00699. The molecule has 1 N–H and O–H groups in total. The van der Waals surface area contributed by atoms with Crippen molar-refractivity contribution in [1.82, 2.24) is 9.88 Å². The maximum Gasteiger partial charge on any atom is 0.238 e. The number of rotatable bonds is 6. The molecule has 1 atom stereocenters. The first-order chi connectivity index (χ1) is 11.7. The number of anilines is 1. The number of aromatic nitrogens is 1. The number of likely N-dealkylation sites (N-methyl/N-ethyl adjacent to an activating group) is 1. The van der Waals surface area contributed by atoms with Crippen LogP contribution in [0.4, 0.5) is 5.69 Å². The summed E-state index contributed by atoms with van der Waals surface area (Å²) in [6.45, 7) is 12.9. The Morgan fingerprint density at radius 3 is 2.48 bits per heavy atom. The fourth-order valence-corrected chi connectivity index (χ4v) is 3.96. The van der Waals surface area contributed by atoms with Gasteiger partial charge in [-0.2, -0.15) is 0 Å². The van der Waals surface area contributed by atoms with E-state index in [2.05, 4.69) is 55.9 Å². The molecule has 136 valence electrons. The molecular formula is C20H29N3OS. The van der Waals surface area contributed by atoms with Crippen LogP contribution < -0.4 is 5.32 Å². The predicted molar refractivity (Wildman–Crippen MR) is 107 cm³/mol. The number of hydrogen-bond acceptors (Lipinski definition) is 4. The van der Waals surface area contributed by atoms with Crippen molar-refractivity contribution in [3.8, 4) is 0 Å². The quantitative estimate of drug-likeness (QED) is 0.804. The fraction of sp³-hybridized carbons (Fsp3) is 0.500. The van der Waals surface area contributed by atoms with Crippen LogP contribution in [0.25, 0.3) is 0 Å². The van der Waals surface area contributed by atoms with E-state index in [0.717, 1.165) is 22.0 Å². The molecule has 0 aliphatic rings. The summed E-state index contributed by atoms with van der Waals surface area (Å²) in [4.78, 5) is 20.4. The van der Waals surface area contributed by atoms with Crippen LogP contribution in [0.3, 0.4) is 0 Å². The first kappa shape index (κ1) is 19.6. The molecule has 5 heteroatoms. The zero-order valence-electron chi connectivity index (χ0n) is 16.3. The molecule has 0 saturated heterocycles. The van der Waals surface area contributed by atoms with Gasteiger partial charge in [-0.1, -0.05) is 31.5 Å². The number of amides is 1. The average Bonchev–Trinajstić information content (AvgIpc) is 2.91. The van der Waals surface area contributed by atoms with Crippen LogP contribution in [0.2, 0.25) is 0 Å². The highest BCUT2D eigenvalue weighted by Crippen LogP contribution is 2.31. The van der Waals surface area contributed by atoms with Crippen molar-refractivity contribution < 1.29 is 4.79 Å². The van der Waals surface area contributed by atoms with Crippen molar-refractivity contribution in [2.45, 2.75) is 53.5 Å². The predicted octanol–water partition coefficient (Wildman–Crippen LogP) is 4.82. The van der Waals surface area contributed by atoms with E-state index in [1.807, 2.05) is 26.1 Å². The second-order valence-corrected chi connectivity index (χ2v) is 8.18. The largest absolute Gasteiger partial charge is 0.325 e. The first-order valence-corrected chi connectivity index (χ1v) is 9.55. The van der Waals surface area contributed by atoms with Gasteiger partial charge in [0.15, 0.2) is 0 Å². The fourth-order valence-electron chi connectivity index (χ4n) is 2.77. The van der Waals surface area contributed by atoms with Gasteiger partial charge in [0.05, 0.1) is 17.2 Å². The van der Waals surface area contributed by atoms with Crippen LogP contribution in [0, 0.1) is 20.8 Å². The maximum absolute atomic E-state index is 12.4. The van der Waals surface area contributed by atoms with E-state index in [4.69, 9.17) is 0 Å². The molecule has 25 heavy (non-hydrogen) atoms. The lowest BCUT2D eigenvalue weighted by atomic mass is 10.1. The molecule has 1 aromatic heterocycles. The van der Waals surface area contributed by atoms with E-state index in [1.54, 1.807) is 11.3 Å². The number of thiazole rings is 1. The number of hydrogen-bond donors (Lipinski definition) is 1. The summed E-state index contributed by atoms with van der Waals surface area (Å²) in [6, 6.07) is 6.22. The van der Waals surface area contributed by atoms with E-state index in [-0.39, 0.29) is 11.9 Å². The third-order valence-electron chi connectivity index (χ3n) is 4.43. The van der Waals surface area contributed by atoms with Gasteiger partial charge in [-0.25, -0.2) is 4.98 Å². The molecule has 0 aliphatic heterocycles. The van der Waals surface area contributed by atoms with Gasteiger partial charge in [0.25, 0.3) is 0 Å². The Morgan fingerprint density at radius 1 is 1.24 bits per heavy atom. The normalized spacial score (nSPS) is 12.7. The van der Waals surface area contributed by atoms with Gasteiger partial charge in [-0.15, -0.1) is 11.3 Å². The van der Waals surface area contributed by atoms with Crippen molar-refractivity contribution in [1.29, 1.82) is 0 Å². The van der Waals surface area contributed by atoms with E-state index >= 15 is 0 Å². The Labute approximate surface area is 155 Å². The van der Waals surface area contributed by atoms with E-state index < -0.39 is 0 Å². The van der Waals surface area contributed by atoms with Crippen molar-refractivity contribution in [2.24, 2.45) is 0 Å². The topological polar surface area (TPSA) is 45.2 Å². The molecule has 2 aromatic rings. The summed E-state index contributed by atoms with van der Waals surface area (Å²) in [7, 11) is 1.99. The molecule has 0 bridgehead atoms. The summed E-state index contributed by atoms with van der Waals surface area (Å²) in [5, 5.41) is 4.18. The average molecular weight is 360 g/mol. The van der Waals surface area contributed by atoms with Crippen molar-refractivity contribution in [3.63, 3.8) is 0 Å². The second kappa shape index (κ2) is 8.11. The van der Waals surface area contributed by atoms with Gasteiger partial charge in [0.1, 0.15) is 0 Å². The van der Waals surface area contributed by atoms with Crippen LogP contribution in [0.15, 0.2) is 18.2 Å². The summed E-state index contributed by atoms with van der Waals surface area (Å²) in [5.74, 6) is 0.440. The van der Waals surface area contributed by atoms with Gasteiger partial charge < -0.3 is 5.32 Å². The molecule has 1 amide bonds. The lowest BCUT2D eigenvalue weighted by Crippen LogP contribution is -2.32. The molecule has 1 aromatic carbocycles. The molecule has 0 aliphatic carbocycles. The summed E-state index contributed by atoms with van der Waals surface area (Å²) >= 11 is 1.75. The Bertz CT molecular complexity index is 751.